The molecule has 0 unspecified atom stereocenters. The molecule has 3 saturated heterocycles. The van der Waals surface area contributed by atoms with Crippen LogP contribution in [0.5, 0.6) is 0 Å². The molecular weight excluding hydrogens is 421 g/mol. The summed E-state index contributed by atoms with van der Waals surface area (Å²) in [4.78, 5) is 24.9. The Morgan fingerprint density at radius 1 is 1.18 bits per heavy atom. The zero-order chi connectivity index (χ0) is 23.0. The van der Waals surface area contributed by atoms with E-state index < -0.39 is 0 Å². The van der Waals surface area contributed by atoms with Gasteiger partial charge in [0, 0.05) is 37.0 Å². The fourth-order valence-electron chi connectivity index (χ4n) is 6.00. The van der Waals surface area contributed by atoms with E-state index in [2.05, 4.69) is 33.8 Å². The molecule has 1 aromatic heterocycles. The Balaban J connectivity index is 1.32. The molecule has 8 heteroatoms. The van der Waals surface area contributed by atoms with E-state index in [1.165, 1.54) is 12.1 Å². The van der Waals surface area contributed by atoms with Crippen molar-refractivity contribution in [1.82, 2.24) is 24.8 Å². The number of rotatable bonds is 5. The maximum Gasteiger partial charge on any atom is 0.232 e. The molecule has 178 valence electrons. The van der Waals surface area contributed by atoms with Gasteiger partial charge in [0.25, 0.3) is 0 Å². The molecule has 0 saturated carbocycles. The summed E-state index contributed by atoms with van der Waals surface area (Å²) in [5.74, 6) is 1.54. The zero-order valence-electron chi connectivity index (χ0n) is 19.7. The van der Waals surface area contributed by atoms with Crippen LogP contribution in [0.1, 0.15) is 44.4 Å². The van der Waals surface area contributed by atoms with Gasteiger partial charge in [0.2, 0.25) is 17.6 Å². The van der Waals surface area contributed by atoms with Crippen molar-refractivity contribution in [2.24, 2.45) is 11.3 Å². The van der Waals surface area contributed by atoms with E-state index in [4.69, 9.17) is 9.51 Å². The molecular formula is C25H34FN5O2. The summed E-state index contributed by atoms with van der Waals surface area (Å²) in [6.45, 7) is 8.80. The van der Waals surface area contributed by atoms with Gasteiger partial charge in [-0.2, -0.15) is 4.98 Å². The second kappa shape index (κ2) is 9.14. The number of halogens is 1. The van der Waals surface area contributed by atoms with Crippen molar-refractivity contribution in [3.63, 3.8) is 0 Å². The molecule has 2 aromatic rings. The molecule has 0 radical (unpaired) electrons. The number of hydrogen-bond donors (Lipinski definition) is 0. The summed E-state index contributed by atoms with van der Waals surface area (Å²) in [6, 6.07) is 6.13. The number of amides is 1. The first kappa shape index (κ1) is 22.5. The predicted octanol–water partition coefficient (Wildman–Crippen LogP) is 3.25. The topological polar surface area (TPSA) is 65.7 Å². The summed E-state index contributed by atoms with van der Waals surface area (Å²) in [7, 11) is 2.13. The number of carbonyl (C=O) groups excluding carboxylic acids is 1. The molecule has 4 heterocycles. The molecule has 3 aliphatic rings. The summed E-state index contributed by atoms with van der Waals surface area (Å²) >= 11 is 0. The van der Waals surface area contributed by atoms with Crippen LogP contribution < -0.4 is 0 Å². The third-order valence-electron chi connectivity index (χ3n) is 8.04. The van der Waals surface area contributed by atoms with Crippen LogP contribution in [0.4, 0.5) is 4.39 Å². The van der Waals surface area contributed by atoms with Crippen LogP contribution in [0.2, 0.25) is 0 Å². The SMILES string of the molecule is CCN1CCC(CC(=O)N2C[C@@H](c3nc(-c4ccc(F)cc4)no3)[C@]3(CCN(C)C3)C2)CC1. The third kappa shape index (κ3) is 4.55. The van der Waals surface area contributed by atoms with Crippen molar-refractivity contribution < 1.29 is 13.7 Å². The van der Waals surface area contributed by atoms with Crippen LogP contribution in [0.3, 0.4) is 0 Å². The minimum Gasteiger partial charge on any atom is -0.341 e. The first-order chi connectivity index (χ1) is 16.0. The molecule has 2 atom stereocenters. The van der Waals surface area contributed by atoms with Gasteiger partial charge in [-0.15, -0.1) is 0 Å². The molecule has 3 fully saturated rings. The van der Waals surface area contributed by atoms with Gasteiger partial charge in [0.1, 0.15) is 5.82 Å². The largest absolute Gasteiger partial charge is 0.341 e. The Morgan fingerprint density at radius 2 is 1.94 bits per heavy atom. The first-order valence-electron chi connectivity index (χ1n) is 12.2. The maximum absolute atomic E-state index is 13.3. The molecule has 5 rings (SSSR count). The normalized spacial score (nSPS) is 27.1. The van der Waals surface area contributed by atoms with E-state index in [9.17, 15) is 9.18 Å². The minimum atomic E-state index is -0.291. The molecule has 33 heavy (non-hydrogen) atoms. The quantitative estimate of drug-likeness (QED) is 0.690. The summed E-state index contributed by atoms with van der Waals surface area (Å²) < 4.78 is 19.0. The molecule has 1 spiro atoms. The number of piperidine rings is 1. The van der Waals surface area contributed by atoms with Gasteiger partial charge >= 0.3 is 0 Å². The lowest BCUT2D eigenvalue weighted by molar-refractivity contribution is -0.131. The summed E-state index contributed by atoms with van der Waals surface area (Å²) in [5, 5.41) is 4.18. The highest BCUT2D eigenvalue weighted by Gasteiger charge is 2.53. The van der Waals surface area contributed by atoms with Crippen molar-refractivity contribution in [3.8, 4) is 11.4 Å². The zero-order valence-corrected chi connectivity index (χ0v) is 19.7. The smallest absolute Gasteiger partial charge is 0.232 e. The monoisotopic (exact) mass is 455 g/mol. The van der Waals surface area contributed by atoms with Gasteiger partial charge < -0.3 is 19.2 Å². The van der Waals surface area contributed by atoms with Crippen molar-refractivity contribution in [2.75, 3.05) is 52.9 Å². The van der Waals surface area contributed by atoms with Crippen molar-refractivity contribution >= 4 is 5.91 Å². The first-order valence-corrected chi connectivity index (χ1v) is 12.2. The molecule has 1 amide bonds. The lowest BCUT2D eigenvalue weighted by Crippen LogP contribution is -2.37. The van der Waals surface area contributed by atoms with Gasteiger partial charge in [-0.1, -0.05) is 12.1 Å². The fourth-order valence-corrected chi connectivity index (χ4v) is 6.00. The standard InChI is InChI=1S/C25H34FN5O2/c1-3-30-11-8-18(9-12-30)14-22(32)31-15-21(25(17-31)10-13-29(2)16-25)24-27-23(28-33-24)19-4-6-20(26)7-5-19/h4-7,18,21H,3,8-17H2,1-2H3/t21-,25-/m0/s1. The van der Waals surface area contributed by atoms with Gasteiger partial charge in [0.15, 0.2) is 0 Å². The van der Waals surface area contributed by atoms with E-state index in [0.29, 0.717) is 30.6 Å². The predicted molar refractivity (Wildman–Crippen MR) is 123 cm³/mol. The summed E-state index contributed by atoms with van der Waals surface area (Å²) in [5.41, 5.74) is 0.677. The van der Waals surface area contributed by atoms with Gasteiger partial charge in [-0.3, -0.25) is 4.79 Å². The maximum atomic E-state index is 13.3. The van der Waals surface area contributed by atoms with Crippen molar-refractivity contribution in [3.05, 3.63) is 36.0 Å². The van der Waals surface area contributed by atoms with Crippen molar-refractivity contribution in [2.45, 2.75) is 38.5 Å². The highest BCUT2D eigenvalue weighted by Crippen LogP contribution is 2.48. The number of hydrogen-bond acceptors (Lipinski definition) is 6. The van der Waals surface area contributed by atoms with Crippen molar-refractivity contribution in [1.29, 1.82) is 0 Å². The van der Waals surface area contributed by atoms with E-state index in [0.717, 1.165) is 64.1 Å². The van der Waals surface area contributed by atoms with E-state index >= 15 is 0 Å². The Bertz CT molecular complexity index is 971. The number of carbonyl (C=O) groups is 1. The molecule has 3 aliphatic heterocycles. The van der Waals surface area contributed by atoms with Crippen LogP contribution in [-0.2, 0) is 4.79 Å². The number of likely N-dealkylation sites (tertiary alicyclic amines) is 3. The van der Waals surface area contributed by atoms with Crippen LogP contribution in [0.25, 0.3) is 11.4 Å². The minimum absolute atomic E-state index is 0.0232. The molecule has 0 N–H and O–H groups in total. The van der Waals surface area contributed by atoms with E-state index in [-0.39, 0.29) is 23.1 Å². The molecule has 7 nitrogen and oxygen atoms in total. The van der Waals surface area contributed by atoms with Gasteiger partial charge in [-0.25, -0.2) is 4.39 Å². The molecule has 1 aromatic carbocycles. The summed E-state index contributed by atoms with van der Waals surface area (Å²) in [6.07, 6.45) is 3.87. The highest BCUT2D eigenvalue weighted by molar-refractivity contribution is 5.77. The van der Waals surface area contributed by atoms with Gasteiger partial charge in [0.05, 0.1) is 5.92 Å². The average molecular weight is 456 g/mol. The van der Waals surface area contributed by atoms with Crippen LogP contribution in [0, 0.1) is 17.2 Å². The number of benzene rings is 1. The van der Waals surface area contributed by atoms with Gasteiger partial charge in [-0.05, 0) is 82.7 Å². The Labute approximate surface area is 194 Å². The Kier molecular flexibility index (Phi) is 6.22. The Hall–Kier alpha value is -2.32. The number of nitrogens with zero attached hydrogens (tertiary/aromatic N) is 5. The number of aromatic nitrogens is 2. The third-order valence-corrected chi connectivity index (χ3v) is 8.04. The highest BCUT2D eigenvalue weighted by atomic mass is 19.1. The average Bonchev–Trinajstić information content (AvgIpc) is 3.54. The second-order valence-electron chi connectivity index (χ2n) is 10.2. The lowest BCUT2D eigenvalue weighted by Gasteiger charge is -2.31. The molecule has 0 aliphatic carbocycles. The Morgan fingerprint density at radius 3 is 2.61 bits per heavy atom. The van der Waals surface area contributed by atoms with E-state index in [1.807, 2.05) is 0 Å². The second-order valence-corrected chi connectivity index (χ2v) is 10.2. The van der Waals surface area contributed by atoms with Crippen LogP contribution in [0.15, 0.2) is 28.8 Å². The lowest BCUT2D eigenvalue weighted by atomic mass is 9.77. The fraction of sp³-hybridized carbons (Fsp3) is 0.640. The van der Waals surface area contributed by atoms with Crippen LogP contribution in [-0.4, -0.2) is 83.6 Å². The van der Waals surface area contributed by atoms with Crippen LogP contribution >= 0.6 is 0 Å². The molecule has 0 bridgehead atoms. The van der Waals surface area contributed by atoms with E-state index in [1.54, 1.807) is 12.1 Å².